The molecule has 0 N–H and O–H groups in total. The second-order valence-electron chi connectivity index (χ2n) is 2.57. The fourth-order valence-electron chi connectivity index (χ4n) is 0.945. The first-order valence-corrected chi connectivity index (χ1v) is 3.90. The van der Waals surface area contributed by atoms with Gasteiger partial charge in [0, 0.05) is 0 Å². The Labute approximate surface area is 72.5 Å². The molecule has 1 aromatic rings. The second kappa shape index (κ2) is 3.22. The molecule has 0 aromatic heterocycles. The summed E-state index contributed by atoms with van der Waals surface area (Å²) in [7, 11) is 0. The van der Waals surface area contributed by atoms with Crippen molar-refractivity contribution in [3.63, 3.8) is 0 Å². The molecule has 0 saturated heterocycles. The fourth-order valence-corrected chi connectivity index (χ4v) is 0.945. The maximum atomic E-state index is 3.04. The second-order valence-corrected chi connectivity index (χ2v) is 2.57. The topological polar surface area (TPSA) is 0 Å². The van der Waals surface area contributed by atoms with Gasteiger partial charge < -0.3 is 0 Å². The molecule has 0 saturated carbocycles. The summed E-state index contributed by atoms with van der Waals surface area (Å²) in [6.45, 7) is 0. The monoisotopic (exact) mass is 152 g/mol. The van der Waals surface area contributed by atoms with Crippen LogP contribution < -0.4 is 0 Å². The molecule has 0 spiro atoms. The molecule has 3 rings (SSSR count). The highest BCUT2D eigenvalue weighted by molar-refractivity contribution is 5.79. The van der Waals surface area contributed by atoms with Gasteiger partial charge in [-0.05, 0) is 29.3 Å². The van der Waals surface area contributed by atoms with Gasteiger partial charge in [-0.15, -0.1) is 0 Å². The van der Waals surface area contributed by atoms with Crippen LogP contribution in [0.5, 0.6) is 0 Å². The molecule has 0 fully saturated rings. The predicted molar refractivity (Wildman–Crippen MR) is 49.6 cm³/mol. The van der Waals surface area contributed by atoms with Crippen LogP contribution in [0, 0.1) is 12.1 Å². The van der Waals surface area contributed by atoms with Crippen molar-refractivity contribution in [3.8, 4) is 11.1 Å². The number of rotatable bonds is 0. The Hall–Kier alpha value is -1.56. The lowest BCUT2D eigenvalue weighted by atomic mass is 10.4. The van der Waals surface area contributed by atoms with Gasteiger partial charge in [-0.2, -0.15) is 0 Å². The van der Waals surface area contributed by atoms with E-state index in [0.717, 1.165) is 0 Å². The van der Waals surface area contributed by atoms with Crippen molar-refractivity contribution in [2.75, 3.05) is 0 Å². The van der Waals surface area contributed by atoms with Crippen molar-refractivity contribution in [2.45, 2.75) is 0 Å². The van der Waals surface area contributed by atoms with Gasteiger partial charge in [0.25, 0.3) is 0 Å². The van der Waals surface area contributed by atoms with Crippen molar-refractivity contribution >= 4 is 0 Å². The molecule has 0 nitrogen and oxygen atoms in total. The van der Waals surface area contributed by atoms with Gasteiger partial charge in [-0.1, -0.05) is 42.5 Å². The summed E-state index contributed by atoms with van der Waals surface area (Å²) in [6.07, 6.45) is 0. The lowest BCUT2D eigenvalue weighted by molar-refractivity contribution is 1.70. The van der Waals surface area contributed by atoms with Gasteiger partial charge >= 0.3 is 0 Å². The molecule has 0 heterocycles. The highest BCUT2D eigenvalue weighted by Crippen LogP contribution is 2.32. The zero-order valence-corrected chi connectivity index (χ0v) is 6.62. The average molecular weight is 152 g/mol. The van der Waals surface area contributed by atoms with Gasteiger partial charge in [-0.25, -0.2) is 0 Å². The minimum atomic E-state index is 1.30. The van der Waals surface area contributed by atoms with Gasteiger partial charge in [0.2, 0.25) is 0 Å². The summed E-state index contributed by atoms with van der Waals surface area (Å²) >= 11 is 0. The number of hydrogen-bond donors (Lipinski definition) is 0. The highest BCUT2D eigenvalue weighted by Gasteiger charge is 2.07. The summed E-state index contributed by atoms with van der Waals surface area (Å²) in [5.41, 5.74) is 2.67. The van der Waals surface area contributed by atoms with Crippen LogP contribution in [0.1, 0.15) is 0 Å². The molecule has 0 unspecified atom stereocenters. The van der Waals surface area contributed by atoms with E-state index in [2.05, 4.69) is 24.3 Å². The predicted octanol–water partition coefficient (Wildman–Crippen LogP) is 2.95. The third kappa shape index (κ3) is 1.73. The average Bonchev–Trinajstić information content (AvgIpc) is 2.78. The third-order valence-electron chi connectivity index (χ3n) is 1.64. The maximum Gasteiger partial charge on any atom is -0.00987 e. The zero-order chi connectivity index (χ0) is 8.23. The van der Waals surface area contributed by atoms with E-state index in [0.29, 0.717) is 0 Å². The van der Waals surface area contributed by atoms with E-state index in [1.54, 1.807) is 0 Å². The van der Waals surface area contributed by atoms with E-state index in [1.165, 1.54) is 11.1 Å². The first-order chi connectivity index (χ1) is 5.97. The lowest BCUT2D eigenvalue weighted by Crippen LogP contribution is -1.49. The Bertz CT molecular complexity index is 305. The van der Waals surface area contributed by atoms with Crippen LogP contribution in [0.2, 0.25) is 0 Å². The quantitative estimate of drug-likeness (QED) is 0.464. The number of hydrogen-bond acceptors (Lipinski definition) is 0. The first-order valence-electron chi connectivity index (χ1n) is 3.90. The maximum absolute atomic E-state index is 3.04. The van der Waals surface area contributed by atoms with Crippen molar-refractivity contribution in [1.29, 1.82) is 0 Å². The molecule has 0 aliphatic heterocycles. The Morgan fingerprint density at radius 3 is 1.92 bits per heavy atom. The lowest BCUT2D eigenvalue weighted by Gasteiger charge is -1.68. The van der Waals surface area contributed by atoms with Crippen molar-refractivity contribution in [2.24, 2.45) is 0 Å². The third-order valence-corrected chi connectivity index (χ3v) is 1.64. The molecule has 0 bridgehead atoms. The van der Waals surface area contributed by atoms with Crippen LogP contribution in [0.25, 0.3) is 11.1 Å². The number of fused-ring (bicyclic) bond motifs is 1. The molecule has 0 heteroatoms. The normalized spacial score (nSPS) is 9.67. The molecule has 0 amide bonds. The van der Waals surface area contributed by atoms with Crippen molar-refractivity contribution in [1.82, 2.24) is 0 Å². The van der Waals surface area contributed by atoms with E-state index in [4.69, 9.17) is 0 Å². The Morgan fingerprint density at radius 1 is 0.917 bits per heavy atom. The SMILES string of the molecule is [c]1ccc2cc1-2.[c]1ccccc1. The molecular weight excluding hydrogens is 144 g/mol. The van der Waals surface area contributed by atoms with Gasteiger partial charge in [-0.3, -0.25) is 0 Å². The van der Waals surface area contributed by atoms with E-state index in [1.807, 2.05) is 36.4 Å². The smallest absolute Gasteiger partial charge is 0.00987 e. The van der Waals surface area contributed by atoms with Gasteiger partial charge in [0.15, 0.2) is 0 Å². The molecule has 12 heavy (non-hydrogen) atoms. The number of benzene rings is 2. The standard InChI is InChI=1S/C6H3.C6H5/c1-2-5-4-6(5)3-1;1-2-4-6-5-3-1/h1-2,4H;1-5H. The summed E-state index contributed by atoms with van der Waals surface area (Å²) in [4.78, 5) is 0. The van der Waals surface area contributed by atoms with E-state index >= 15 is 0 Å². The Morgan fingerprint density at radius 2 is 1.75 bits per heavy atom. The summed E-state index contributed by atoms with van der Waals surface area (Å²) in [5, 5.41) is 0. The minimum absolute atomic E-state index is 1.30. The molecule has 2 aliphatic carbocycles. The molecule has 2 radical (unpaired) electrons. The van der Waals surface area contributed by atoms with Crippen molar-refractivity contribution < 1.29 is 0 Å². The highest BCUT2D eigenvalue weighted by atomic mass is 14.1. The van der Waals surface area contributed by atoms with Crippen LogP contribution in [-0.2, 0) is 0 Å². The first kappa shape index (κ1) is 7.11. The zero-order valence-electron chi connectivity index (χ0n) is 6.62. The molecule has 2 aliphatic rings. The van der Waals surface area contributed by atoms with E-state index < -0.39 is 0 Å². The van der Waals surface area contributed by atoms with Crippen LogP contribution in [-0.4, -0.2) is 0 Å². The molecule has 0 atom stereocenters. The summed E-state index contributed by atoms with van der Waals surface area (Å²) in [5.74, 6) is 0. The van der Waals surface area contributed by atoms with E-state index in [9.17, 15) is 0 Å². The largest absolute Gasteiger partial charge is 0.0622 e. The van der Waals surface area contributed by atoms with Crippen LogP contribution in [0.3, 0.4) is 0 Å². The molecular formula is C12H8. The summed E-state index contributed by atoms with van der Waals surface area (Å²) in [6, 6.07) is 21.7. The van der Waals surface area contributed by atoms with Crippen LogP contribution >= 0.6 is 0 Å². The summed E-state index contributed by atoms with van der Waals surface area (Å²) < 4.78 is 0. The van der Waals surface area contributed by atoms with Gasteiger partial charge in [0.05, 0.1) is 0 Å². The van der Waals surface area contributed by atoms with E-state index in [-0.39, 0.29) is 0 Å². The Balaban J connectivity index is 0.0000000939. The Kier molecular flexibility index (Phi) is 1.91. The van der Waals surface area contributed by atoms with Crippen molar-refractivity contribution in [3.05, 3.63) is 60.7 Å². The minimum Gasteiger partial charge on any atom is -0.0622 e. The fraction of sp³-hybridized carbons (Fsp3) is 0. The van der Waals surface area contributed by atoms with Crippen LogP contribution in [0.15, 0.2) is 48.5 Å². The van der Waals surface area contributed by atoms with Crippen LogP contribution in [0.4, 0.5) is 0 Å². The van der Waals surface area contributed by atoms with Gasteiger partial charge in [0.1, 0.15) is 0 Å². The molecule has 1 aromatic carbocycles. The molecule has 56 valence electrons.